The molecule has 0 aromatic heterocycles. The van der Waals surface area contributed by atoms with Crippen molar-refractivity contribution in [3.05, 3.63) is 113 Å². The standard InChI is InChI=1S/C42H43N/c1-39(2)19-20-40(3,4)34-24-29(17-18-33(34)39)43(28-11-6-5-7-12-28)35-16-10-14-31-30-13-8-9-15-32(30)42(38(31)35)36-22-26-21-27-23-37(42)41(27,36)25-26/h5-18,24,26-27,36-37H,19-23,25H2,1-4H3. The van der Waals surface area contributed by atoms with Gasteiger partial charge in [0.2, 0.25) is 0 Å². The number of rotatable bonds is 3. The molecule has 10 rings (SSSR count). The molecule has 216 valence electrons. The zero-order valence-electron chi connectivity index (χ0n) is 26.2. The van der Waals surface area contributed by atoms with E-state index in [0.717, 1.165) is 23.7 Å². The normalized spacial score (nSPS) is 34.0. The van der Waals surface area contributed by atoms with Crippen LogP contribution in [0.3, 0.4) is 0 Å². The Kier molecular flexibility index (Phi) is 4.57. The minimum absolute atomic E-state index is 0.163. The summed E-state index contributed by atoms with van der Waals surface area (Å²) in [5, 5.41) is 0. The Hall–Kier alpha value is -3.32. The van der Waals surface area contributed by atoms with E-state index in [9.17, 15) is 0 Å². The minimum atomic E-state index is 0.163. The van der Waals surface area contributed by atoms with Crippen molar-refractivity contribution in [1.29, 1.82) is 0 Å². The van der Waals surface area contributed by atoms with Gasteiger partial charge in [-0.1, -0.05) is 88.4 Å². The van der Waals surface area contributed by atoms with Crippen molar-refractivity contribution in [2.45, 2.75) is 82.5 Å². The molecule has 0 aliphatic heterocycles. The van der Waals surface area contributed by atoms with Gasteiger partial charge in [-0.15, -0.1) is 0 Å². The highest BCUT2D eigenvalue weighted by Crippen LogP contribution is 2.90. The Morgan fingerprint density at radius 2 is 1.33 bits per heavy atom. The molecule has 43 heavy (non-hydrogen) atoms. The van der Waals surface area contributed by atoms with Gasteiger partial charge in [0.15, 0.2) is 0 Å². The second-order valence-corrected chi connectivity index (χ2v) is 16.5. The third kappa shape index (κ3) is 2.79. The van der Waals surface area contributed by atoms with Crippen molar-refractivity contribution in [2.24, 2.45) is 29.1 Å². The maximum absolute atomic E-state index is 2.64. The summed E-state index contributed by atoms with van der Waals surface area (Å²) < 4.78 is 0. The Bertz CT molecular complexity index is 1830. The summed E-state index contributed by atoms with van der Waals surface area (Å²) in [6.07, 6.45) is 8.36. The molecular formula is C42H43N. The van der Waals surface area contributed by atoms with E-state index in [1.165, 1.54) is 77.8 Å². The van der Waals surface area contributed by atoms with Crippen molar-refractivity contribution >= 4 is 17.1 Å². The summed E-state index contributed by atoms with van der Waals surface area (Å²) in [5.41, 5.74) is 14.5. The fraction of sp³-hybridized carbons (Fsp3) is 0.429. The predicted octanol–water partition coefficient (Wildman–Crippen LogP) is 10.8. The first kappa shape index (κ1) is 25.1. The van der Waals surface area contributed by atoms with E-state index >= 15 is 0 Å². The molecule has 2 spiro atoms. The molecule has 6 aliphatic rings. The number of benzene rings is 4. The van der Waals surface area contributed by atoms with E-state index < -0.39 is 0 Å². The molecule has 2 bridgehead atoms. The number of para-hydroxylation sites is 1. The van der Waals surface area contributed by atoms with Gasteiger partial charge in [-0.3, -0.25) is 0 Å². The first-order valence-electron chi connectivity index (χ1n) is 17.0. The summed E-state index contributed by atoms with van der Waals surface area (Å²) >= 11 is 0. The summed E-state index contributed by atoms with van der Waals surface area (Å²) in [6.45, 7) is 9.79. The lowest BCUT2D eigenvalue weighted by atomic mass is 9.26. The highest BCUT2D eigenvalue weighted by molar-refractivity contribution is 5.92. The Balaban J connectivity index is 1.23. The van der Waals surface area contributed by atoms with Gasteiger partial charge in [-0.25, -0.2) is 0 Å². The Morgan fingerprint density at radius 3 is 2.14 bits per heavy atom. The first-order chi connectivity index (χ1) is 20.8. The van der Waals surface area contributed by atoms with E-state index in [-0.39, 0.29) is 16.2 Å². The van der Waals surface area contributed by atoms with Gasteiger partial charge in [-0.05, 0) is 142 Å². The van der Waals surface area contributed by atoms with Crippen molar-refractivity contribution < 1.29 is 0 Å². The Labute approximate surface area is 257 Å². The largest absolute Gasteiger partial charge is 0.310 e. The number of anilines is 3. The van der Waals surface area contributed by atoms with E-state index in [1.54, 1.807) is 11.1 Å². The van der Waals surface area contributed by atoms with Crippen molar-refractivity contribution in [3.8, 4) is 11.1 Å². The van der Waals surface area contributed by atoms with Crippen LogP contribution in [0.25, 0.3) is 11.1 Å². The second kappa shape index (κ2) is 7.84. The van der Waals surface area contributed by atoms with Crippen LogP contribution in [-0.4, -0.2) is 0 Å². The molecule has 4 saturated carbocycles. The van der Waals surface area contributed by atoms with Gasteiger partial charge in [0.1, 0.15) is 0 Å². The van der Waals surface area contributed by atoms with Gasteiger partial charge in [-0.2, -0.15) is 0 Å². The SMILES string of the molecule is CC1(C)CCC(C)(C)c2cc(N(c3ccccc3)c3cccc4c3C3(c5ccccc5-4)C4CC5CC6CC3C64C5)ccc21. The highest BCUT2D eigenvalue weighted by Gasteiger charge is 2.84. The molecule has 4 aromatic rings. The van der Waals surface area contributed by atoms with Crippen molar-refractivity contribution in [2.75, 3.05) is 4.90 Å². The fourth-order valence-electron chi connectivity index (χ4n) is 12.3. The van der Waals surface area contributed by atoms with Crippen LogP contribution in [0.4, 0.5) is 17.1 Å². The van der Waals surface area contributed by atoms with Crippen molar-refractivity contribution in [3.63, 3.8) is 0 Å². The van der Waals surface area contributed by atoms with E-state index in [4.69, 9.17) is 0 Å². The van der Waals surface area contributed by atoms with Gasteiger partial charge in [0, 0.05) is 16.8 Å². The van der Waals surface area contributed by atoms with Gasteiger partial charge in [0.05, 0.1) is 5.69 Å². The highest BCUT2D eigenvalue weighted by atomic mass is 15.1. The van der Waals surface area contributed by atoms with Crippen LogP contribution >= 0.6 is 0 Å². The second-order valence-electron chi connectivity index (χ2n) is 16.5. The van der Waals surface area contributed by atoms with Crippen LogP contribution in [0.5, 0.6) is 0 Å². The molecule has 1 heteroatoms. The predicted molar refractivity (Wildman–Crippen MR) is 177 cm³/mol. The number of nitrogens with zero attached hydrogens (tertiary/aromatic N) is 1. The topological polar surface area (TPSA) is 3.24 Å². The lowest BCUT2D eigenvalue weighted by molar-refractivity contribution is -0.231. The summed E-state index contributed by atoms with van der Waals surface area (Å²) in [7, 11) is 0. The zero-order valence-corrected chi connectivity index (χ0v) is 26.2. The van der Waals surface area contributed by atoms with Crippen LogP contribution < -0.4 is 4.90 Å². The quantitative estimate of drug-likeness (QED) is 0.240. The van der Waals surface area contributed by atoms with Crippen LogP contribution in [0, 0.1) is 29.1 Å². The molecule has 0 heterocycles. The van der Waals surface area contributed by atoms with Gasteiger partial charge in [0.25, 0.3) is 0 Å². The molecule has 6 unspecified atom stereocenters. The first-order valence-corrected chi connectivity index (χ1v) is 17.0. The summed E-state index contributed by atoms with van der Waals surface area (Å²) in [5.74, 6) is 3.55. The molecule has 0 radical (unpaired) electrons. The molecule has 0 N–H and O–H groups in total. The van der Waals surface area contributed by atoms with Crippen LogP contribution in [0.15, 0.2) is 91.0 Å². The van der Waals surface area contributed by atoms with Crippen LogP contribution in [0.1, 0.15) is 88.5 Å². The molecule has 6 atom stereocenters. The average molecular weight is 562 g/mol. The molecule has 0 saturated heterocycles. The monoisotopic (exact) mass is 561 g/mol. The van der Waals surface area contributed by atoms with E-state index in [0.29, 0.717) is 5.41 Å². The molecule has 6 aliphatic carbocycles. The minimum Gasteiger partial charge on any atom is -0.310 e. The lowest BCUT2D eigenvalue weighted by Crippen LogP contribution is -2.73. The number of hydrogen-bond acceptors (Lipinski definition) is 1. The fourth-order valence-corrected chi connectivity index (χ4v) is 12.3. The van der Waals surface area contributed by atoms with Gasteiger partial charge >= 0.3 is 0 Å². The third-order valence-corrected chi connectivity index (χ3v) is 14.0. The molecule has 4 aromatic carbocycles. The van der Waals surface area contributed by atoms with Crippen LogP contribution in [0.2, 0.25) is 0 Å². The van der Waals surface area contributed by atoms with E-state index in [1.807, 2.05) is 0 Å². The van der Waals surface area contributed by atoms with Crippen molar-refractivity contribution in [1.82, 2.24) is 0 Å². The lowest BCUT2D eigenvalue weighted by Gasteiger charge is -2.76. The van der Waals surface area contributed by atoms with Gasteiger partial charge < -0.3 is 4.90 Å². The van der Waals surface area contributed by atoms with Crippen LogP contribution in [-0.2, 0) is 16.2 Å². The third-order valence-electron chi connectivity index (χ3n) is 14.0. The molecular weight excluding hydrogens is 518 g/mol. The summed E-state index contributed by atoms with van der Waals surface area (Å²) in [4.78, 5) is 2.64. The number of hydrogen-bond donors (Lipinski definition) is 0. The Morgan fingerprint density at radius 1 is 0.605 bits per heavy atom. The number of fused-ring (bicyclic) bond motifs is 9. The maximum Gasteiger partial charge on any atom is 0.0509 e. The zero-order chi connectivity index (χ0) is 28.9. The molecule has 1 nitrogen and oxygen atoms in total. The average Bonchev–Trinajstić information content (AvgIpc) is 3.64. The molecule has 0 amide bonds. The molecule has 4 fully saturated rings. The smallest absolute Gasteiger partial charge is 0.0509 e. The maximum atomic E-state index is 2.64. The van der Waals surface area contributed by atoms with E-state index in [2.05, 4.69) is 124 Å². The summed E-state index contributed by atoms with van der Waals surface area (Å²) in [6, 6.07) is 35.5.